The van der Waals surface area contributed by atoms with Crippen LogP contribution in [0.15, 0.2) is 30.3 Å². The van der Waals surface area contributed by atoms with Crippen molar-refractivity contribution in [2.45, 2.75) is 39.7 Å². The first kappa shape index (κ1) is 15.5. The molecule has 2 aromatic rings. The Morgan fingerprint density at radius 2 is 1.87 bits per heavy atom. The van der Waals surface area contributed by atoms with Gasteiger partial charge in [0.1, 0.15) is 0 Å². The summed E-state index contributed by atoms with van der Waals surface area (Å²) >= 11 is 0. The minimum atomic E-state index is -0.539. The van der Waals surface area contributed by atoms with E-state index in [2.05, 4.69) is 10.4 Å². The number of hydrogen-bond acceptors (Lipinski definition) is 3. The molecule has 1 heterocycles. The second kappa shape index (κ2) is 5.99. The largest absolute Gasteiger partial charge is 0.346 e. The number of para-hydroxylation sites is 1. The molecule has 5 heteroatoms. The molecule has 0 radical (unpaired) electrons. The molecule has 1 aromatic carbocycles. The number of carbonyl (C=O) groups is 2. The average Bonchev–Trinajstić information content (AvgIpc) is 3.34. The number of nitrogens with zero attached hydrogens (tertiary/aromatic N) is 2. The summed E-state index contributed by atoms with van der Waals surface area (Å²) in [5.41, 5.74) is 2.53. The first-order chi connectivity index (χ1) is 11.0. The fourth-order valence-electron chi connectivity index (χ4n) is 2.89. The number of aryl methyl sites for hydroxylation is 1. The number of ketones is 1. The maximum atomic E-state index is 12.5. The molecule has 0 saturated heterocycles. The molecule has 0 spiro atoms. The highest BCUT2D eigenvalue weighted by Gasteiger charge is 2.32. The first-order valence-electron chi connectivity index (χ1n) is 7.96. The van der Waals surface area contributed by atoms with Crippen LogP contribution in [0.4, 0.5) is 0 Å². The summed E-state index contributed by atoms with van der Waals surface area (Å²) < 4.78 is 1.71. The predicted molar refractivity (Wildman–Crippen MR) is 87.7 cm³/mol. The number of hydrogen-bond donors (Lipinski definition) is 1. The van der Waals surface area contributed by atoms with Crippen molar-refractivity contribution in [2.24, 2.45) is 5.92 Å². The quantitative estimate of drug-likeness (QED) is 0.682. The zero-order chi connectivity index (χ0) is 16.6. The molecule has 1 saturated carbocycles. The Labute approximate surface area is 135 Å². The Bertz CT molecular complexity index is 745. The third-order valence-corrected chi connectivity index (χ3v) is 4.41. The van der Waals surface area contributed by atoms with Crippen molar-refractivity contribution in [1.29, 1.82) is 0 Å². The van der Waals surface area contributed by atoms with E-state index in [4.69, 9.17) is 0 Å². The molecule has 1 aliphatic rings. The van der Waals surface area contributed by atoms with E-state index in [1.165, 1.54) is 0 Å². The highest BCUT2D eigenvalue weighted by Crippen LogP contribution is 2.32. The summed E-state index contributed by atoms with van der Waals surface area (Å²) in [4.78, 5) is 24.8. The van der Waals surface area contributed by atoms with Crippen LogP contribution < -0.4 is 5.32 Å². The van der Waals surface area contributed by atoms with Crippen LogP contribution in [0.5, 0.6) is 0 Å². The minimum absolute atomic E-state index is 0.0521. The summed E-state index contributed by atoms with van der Waals surface area (Å²) in [7, 11) is 0. The monoisotopic (exact) mass is 311 g/mol. The van der Waals surface area contributed by atoms with E-state index >= 15 is 0 Å². The minimum Gasteiger partial charge on any atom is -0.346 e. The smallest absolute Gasteiger partial charge is 0.292 e. The lowest BCUT2D eigenvalue weighted by molar-refractivity contribution is -0.117. The van der Waals surface area contributed by atoms with Gasteiger partial charge in [-0.2, -0.15) is 5.10 Å². The van der Waals surface area contributed by atoms with Crippen LogP contribution >= 0.6 is 0 Å². The maximum Gasteiger partial charge on any atom is 0.292 e. The Morgan fingerprint density at radius 1 is 1.22 bits per heavy atom. The molecule has 0 bridgehead atoms. The molecule has 5 nitrogen and oxygen atoms in total. The van der Waals surface area contributed by atoms with Gasteiger partial charge >= 0.3 is 0 Å². The van der Waals surface area contributed by atoms with Gasteiger partial charge in [-0.3, -0.25) is 9.59 Å². The van der Waals surface area contributed by atoms with Gasteiger partial charge in [-0.1, -0.05) is 18.2 Å². The molecular formula is C18H21N3O2. The predicted octanol–water partition coefficient (Wildman–Crippen LogP) is 2.59. The van der Waals surface area contributed by atoms with E-state index in [1.807, 2.05) is 44.2 Å². The van der Waals surface area contributed by atoms with E-state index in [-0.39, 0.29) is 6.04 Å². The SMILES string of the molecule is Cc1nn(-c2ccccc2)c(C)c1C(=O)C(=O)NC(C)C1CC1. The Balaban J connectivity index is 1.86. The average molecular weight is 311 g/mol. The molecule has 1 aromatic heterocycles. The van der Waals surface area contributed by atoms with E-state index in [0.29, 0.717) is 22.9 Å². The van der Waals surface area contributed by atoms with Crippen molar-refractivity contribution in [1.82, 2.24) is 15.1 Å². The summed E-state index contributed by atoms with van der Waals surface area (Å²) in [5.74, 6) is -0.529. The van der Waals surface area contributed by atoms with Gasteiger partial charge in [0.15, 0.2) is 0 Å². The van der Waals surface area contributed by atoms with Gasteiger partial charge in [-0.25, -0.2) is 4.68 Å². The zero-order valence-corrected chi connectivity index (χ0v) is 13.7. The van der Waals surface area contributed by atoms with Gasteiger partial charge in [0, 0.05) is 6.04 Å². The third-order valence-electron chi connectivity index (χ3n) is 4.41. The van der Waals surface area contributed by atoms with Crippen LogP contribution in [0.2, 0.25) is 0 Å². The van der Waals surface area contributed by atoms with Crippen molar-refractivity contribution in [3.63, 3.8) is 0 Å². The van der Waals surface area contributed by atoms with Crippen molar-refractivity contribution >= 4 is 11.7 Å². The van der Waals surface area contributed by atoms with Crippen LogP contribution in [0.3, 0.4) is 0 Å². The molecule has 3 rings (SSSR count). The van der Waals surface area contributed by atoms with E-state index < -0.39 is 11.7 Å². The number of Topliss-reactive ketones (excluding diaryl/α,β-unsaturated/α-hetero) is 1. The van der Waals surface area contributed by atoms with Crippen molar-refractivity contribution in [3.05, 3.63) is 47.3 Å². The number of rotatable bonds is 5. The van der Waals surface area contributed by atoms with E-state index in [0.717, 1.165) is 18.5 Å². The lowest BCUT2D eigenvalue weighted by Gasteiger charge is -2.12. The van der Waals surface area contributed by atoms with Crippen molar-refractivity contribution in [3.8, 4) is 5.69 Å². The summed E-state index contributed by atoms with van der Waals surface area (Å²) in [6.45, 7) is 5.53. The number of aromatic nitrogens is 2. The molecule has 1 fully saturated rings. The molecule has 120 valence electrons. The molecular weight excluding hydrogens is 290 g/mol. The molecule has 1 aliphatic carbocycles. The fourth-order valence-corrected chi connectivity index (χ4v) is 2.89. The summed E-state index contributed by atoms with van der Waals surface area (Å²) in [6.07, 6.45) is 2.25. The van der Waals surface area contributed by atoms with Crippen molar-refractivity contribution < 1.29 is 9.59 Å². The standard InChI is InChI=1S/C18H21N3O2/c1-11(14-9-10-14)19-18(23)17(22)16-12(2)20-21(13(16)3)15-7-5-4-6-8-15/h4-8,11,14H,9-10H2,1-3H3,(H,19,23). The third kappa shape index (κ3) is 3.04. The second-order valence-corrected chi connectivity index (χ2v) is 6.22. The summed E-state index contributed by atoms with van der Waals surface area (Å²) in [5, 5.41) is 7.24. The van der Waals surface area contributed by atoms with Gasteiger partial charge < -0.3 is 5.32 Å². The van der Waals surface area contributed by atoms with E-state index in [9.17, 15) is 9.59 Å². The van der Waals surface area contributed by atoms with Crippen LogP contribution in [0.1, 0.15) is 41.5 Å². The molecule has 23 heavy (non-hydrogen) atoms. The van der Waals surface area contributed by atoms with Gasteiger partial charge in [0.2, 0.25) is 0 Å². The summed E-state index contributed by atoms with van der Waals surface area (Å²) in [6, 6.07) is 9.64. The molecule has 1 unspecified atom stereocenters. The van der Waals surface area contributed by atoms with Gasteiger partial charge in [0.05, 0.1) is 22.6 Å². The topological polar surface area (TPSA) is 64.0 Å². The fraction of sp³-hybridized carbons (Fsp3) is 0.389. The normalized spacial score (nSPS) is 15.3. The van der Waals surface area contributed by atoms with Crippen LogP contribution in [-0.2, 0) is 4.79 Å². The molecule has 1 N–H and O–H groups in total. The first-order valence-corrected chi connectivity index (χ1v) is 7.96. The van der Waals surface area contributed by atoms with Gasteiger partial charge in [0.25, 0.3) is 11.7 Å². The molecule has 0 aliphatic heterocycles. The van der Waals surface area contributed by atoms with Gasteiger partial charge in [-0.05, 0) is 51.7 Å². The number of benzene rings is 1. The second-order valence-electron chi connectivity index (χ2n) is 6.22. The Kier molecular flexibility index (Phi) is 4.03. The Hall–Kier alpha value is -2.43. The van der Waals surface area contributed by atoms with Gasteiger partial charge in [-0.15, -0.1) is 0 Å². The van der Waals surface area contributed by atoms with Crippen LogP contribution in [0, 0.1) is 19.8 Å². The number of carbonyl (C=O) groups excluding carboxylic acids is 2. The van der Waals surface area contributed by atoms with Crippen LogP contribution in [0.25, 0.3) is 5.69 Å². The number of nitrogens with one attached hydrogen (secondary N) is 1. The Morgan fingerprint density at radius 3 is 2.48 bits per heavy atom. The molecule has 1 amide bonds. The number of amides is 1. The van der Waals surface area contributed by atoms with E-state index in [1.54, 1.807) is 11.6 Å². The highest BCUT2D eigenvalue weighted by molar-refractivity contribution is 6.43. The lowest BCUT2D eigenvalue weighted by atomic mass is 10.1. The maximum absolute atomic E-state index is 12.5. The highest BCUT2D eigenvalue weighted by atomic mass is 16.2. The van der Waals surface area contributed by atoms with Crippen molar-refractivity contribution in [2.75, 3.05) is 0 Å². The lowest BCUT2D eigenvalue weighted by Crippen LogP contribution is -2.39. The van der Waals surface area contributed by atoms with Crippen LogP contribution in [-0.4, -0.2) is 27.5 Å². The molecule has 1 atom stereocenters. The zero-order valence-electron chi connectivity index (χ0n) is 13.7.